The summed E-state index contributed by atoms with van der Waals surface area (Å²) in [6, 6.07) is 6.28. The van der Waals surface area contributed by atoms with Crippen molar-refractivity contribution in [2.75, 3.05) is 21.3 Å². The van der Waals surface area contributed by atoms with E-state index in [9.17, 15) is 4.79 Å². The van der Waals surface area contributed by atoms with E-state index in [2.05, 4.69) is 31.3 Å². The molecule has 1 N–H and O–H groups in total. The SMILES string of the molecule is CNC(CC(=O)OC)Cc1cc(C(C)C)ccc1OC. The second-order valence-electron chi connectivity index (χ2n) is 5.20. The summed E-state index contributed by atoms with van der Waals surface area (Å²) < 4.78 is 10.1. The monoisotopic (exact) mass is 279 g/mol. The Morgan fingerprint density at radius 3 is 2.50 bits per heavy atom. The van der Waals surface area contributed by atoms with Crippen LogP contribution in [0, 0.1) is 0 Å². The first-order chi connectivity index (χ1) is 9.51. The van der Waals surface area contributed by atoms with Gasteiger partial charge in [-0.3, -0.25) is 4.79 Å². The number of methoxy groups -OCH3 is 2. The Labute approximate surface area is 121 Å². The van der Waals surface area contributed by atoms with Crippen molar-refractivity contribution in [1.82, 2.24) is 5.32 Å². The van der Waals surface area contributed by atoms with Crippen LogP contribution in [-0.4, -0.2) is 33.3 Å². The highest BCUT2D eigenvalue weighted by Gasteiger charge is 2.16. The van der Waals surface area contributed by atoms with Crippen LogP contribution in [0.15, 0.2) is 18.2 Å². The fourth-order valence-electron chi connectivity index (χ4n) is 2.14. The Bertz CT molecular complexity index is 443. The smallest absolute Gasteiger partial charge is 0.307 e. The van der Waals surface area contributed by atoms with Gasteiger partial charge in [-0.2, -0.15) is 0 Å². The average Bonchev–Trinajstić information content (AvgIpc) is 2.45. The summed E-state index contributed by atoms with van der Waals surface area (Å²) in [4.78, 5) is 11.4. The van der Waals surface area contributed by atoms with Crippen molar-refractivity contribution >= 4 is 5.97 Å². The summed E-state index contributed by atoms with van der Waals surface area (Å²) in [6.45, 7) is 4.32. The number of ether oxygens (including phenoxy) is 2. The number of carbonyl (C=O) groups excluding carboxylic acids is 1. The molecule has 1 unspecified atom stereocenters. The summed E-state index contributed by atoms with van der Waals surface area (Å²) in [6.07, 6.45) is 1.08. The van der Waals surface area contributed by atoms with Gasteiger partial charge < -0.3 is 14.8 Å². The van der Waals surface area contributed by atoms with Crippen LogP contribution in [0.4, 0.5) is 0 Å². The first-order valence-electron chi connectivity index (χ1n) is 6.92. The Balaban J connectivity index is 2.92. The van der Waals surface area contributed by atoms with Crippen LogP contribution in [0.25, 0.3) is 0 Å². The lowest BCUT2D eigenvalue weighted by Gasteiger charge is -2.18. The van der Waals surface area contributed by atoms with Crippen molar-refractivity contribution in [3.05, 3.63) is 29.3 Å². The third-order valence-electron chi connectivity index (χ3n) is 3.49. The van der Waals surface area contributed by atoms with E-state index < -0.39 is 0 Å². The molecule has 0 spiro atoms. The maximum atomic E-state index is 11.4. The van der Waals surface area contributed by atoms with E-state index >= 15 is 0 Å². The van der Waals surface area contributed by atoms with Gasteiger partial charge in [-0.15, -0.1) is 0 Å². The van der Waals surface area contributed by atoms with Gasteiger partial charge in [0.2, 0.25) is 0 Å². The summed E-state index contributed by atoms with van der Waals surface area (Å²) in [5, 5.41) is 3.16. The zero-order valence-corrected chi connectivity index (χ0v) is 13.0. The van der Waals surface area contributed by atoms with Crippen LogP contribution in [0.2, 0.25) is 0 Å². The summed E-state index contributed by atoms with van der Waals surface area (Å²) in [5.74, 6) is 1.12. The molecule has 0 radical (unpaired) electrons. The molecule has 1 aromatic rings. The highest BCUT2D eigenvalue weighted by atomic mass is 16.5. The average molecular weight is 279 g/mol. The molecule has 0 fully saturated rings. The summed E-state index contributed by atoms with van der Waals surface area (Å²) in [7, 11) is 4.93. The molecule has 0 saturated carbocycles. The fourth-order valence-corrected chi connectivity index (χ4v) is 2.14. The van der Waals surface area contributed by atoms with Gasteiger partial charge in [0.15, 0.2) is 0 Å². The summed E-state index contributed by atoms with van der Waals surface area (Å²) >= 11 is 0. The number of hydrogen-bond acceptors (Lipinski definition) is 4. The first kappa shape index (κ1) is 16.5. The number of rotatable bonds is 7. The quantitative estimate of drug-likeness (QED) is 0.779. The Kier molecular flexibility index (Phi) is 6.52. The molecule has 0 amide bonds. The zero-order valence-electron chi connectivity index (χ0n) is 13.0. The van der Waals surface area contributed by atoms with E-state index in [0.29, 0.717) is 12.3 Å². The van der Waals surface area contributed by atoms with Gasteiger partial charge in [0.25, 0.3) is 0 Å². The molecule has 1 atom stereocenters. The molecule has 0 aromatic heterocycles. The van der Waals surface area contributed by atoms with E-state index in [1.807, 2.05) is 13.1 Å². The molecule has 20 heavy (non-hydrogen) atoms. The lowest BCUT2D eigenvalue weighted by atomic mass is 9.96. The number of esters is 1. The fraction of sp³-hybridized carbons (Fsp3) is 0.562. The van der Waals surface area contributed by atoms with E-state index in [4.69, 9.17) is 9.47 Å². The van der Waals surface area contributed by atoms with Gasteiger partial charge in [-0.25, -0.2) is 0 Å². The van der Waals surface area contributed by atoms with Crippen LogP contribution < -0.4 is 10.1 Å². The van der Waals surface area contributed by atoms with Crippen LogP contribution in [0.1, 0.15) is 37.3 Å². The molecular formula is C16H25NO3. The Morgan fingerprint density at radius 1 is 1.30 bits per heavy atom. The molecule has 4 nitrogen and oxygen atoms in total. The minimum Gasteiger partial charge on any atom is -0.496 e. The normalized spacial score (nSPS) is 12.3. The lowest BCUT2D eigenvalue weighted by Crippen LogP contribution is -2.30. The van der Waals surface area contributed by atoms with Crippen molar-refractivity contribution in [2.45, 2.75) is 38.6 Å². The molecule has 1 rings (SSSR count). The molecule has 112 valence electrons. The van der Waals surface area contributed by atoms with Gasteiger partial charge in [-0.05, 0) is 36.6 Å². The van der Waals surface area contributed by atoms with E-state index in [1.54, 1.807) is 7.11 Å². The molecule has 0 saturated heterocycles. The van der Waals surface area contributed by atoms with Crippen molar-refractivity contribution in [3.63, 3.8) is 0 Å². The summed E-state index contributed by atoms with van der Waals surface area (Å²) in [5.41, 5.74) is 2.38. The van der Waals surface area contributed by atoms with Gasteiger partial charge in [-0.1, -0.05) is 26.0 Å². The second kappa shape index (κ2) is 7.90. The third kappa shape index (κ3) is 4.53. The van der Waals surface area contributed by atoms with Crippen molar-refractivity contribution in [1.29, 1.82) is 0 Å². The number of carbonyl (C=O) groups is 1. The van der Waals surface area contributed by atoms with E-state index in [1.165, 1.54) is 12.7 Å². The van der Waals surface area contributed by atoms with Gasteiger partial charge >= 0.3 is 5.97 Å². The highest BCUT2D eigenvalue weighted by Crippen LogP contribution is 2.25. The lowest BCUT2D eigenvalue weighted by molar-refractivity contribution is -0.141. The maximum absolute atomic E-state index is 11.4. The van der Waals surface area contributed by atoms with Crippen LogP contribution >= 0.6 is 0 Å². The van der Waals surface area contributed by atoms with Gasteiger partial charge in [0.05, 0.1) is 20.6 Å². The van der Waals surface area contributed by atoms with Crippen LogP contribution in [0.5, 0.6) is 5.75 Å². The van der Waals surface area contributed by atoms with Crippen molar-refractivity contribution in [3.8, 4) is 5.75 Å². The molecule has 0 bridgehead atoms. The largest absolute Gasteiger partial charge is 0.496 e. The molecule has 0 aliphatic rings. The number of benzene rings is 1. The third-order valence-corrected chi connectivity index (χ3v) is 3.49. The predicted molar refractivity (Wildman–Crippen MR) is 80.3 cm³/mol. The van der Waals surface area contributed by atoms with E-state index in [0.717, 1.165) is 17.7 Å². The molecule has 4 heteroatoms. The number of nitrogens with one attached hydrogen (secondary N) is 1. The molecule has 1 aromatic carbocycles. The molecular weight excluding hydrogens is 254 g/mol. The minimum absolute atomic E-state index is 0.0405. The predicted octanol–water partition coefficient (Wildman–Crippen LogP) is 2.51. The topological polar surface area (TPSA) is 47.6 Å². The van der Waals surface area contributed by atoms with Gasteiger partial charge in [0, 0.05) is 6.04 Å². The van der Waals surface area contributed by atoms with E-state index in [-0.39, 0.29) is 12.0 Å². The van der Waals surface area contributed by atoms with Crippen molar-refractivity contribution in [2.24, 2.45) is 0 Å². The van der Waals surface area contributed by atoms with Crippen molar-refractivity contribution < 1.29 is 14.3 Å². The number of likely N-dealkylation sites (N-methyl/N-ethyl adjacent to an activating group) is 1. The standard InChI is InChI=1S/C16H25NO3/c1-11(2)12-6-7-15(19-4)13(8-12)9-14(17-3)10-16(18)20-5/h6-8,11,14,17H,9-10H2,1-5H3. The number of hydrogen-bond donors (Lipinski definition) is 1. The highest BCUT2D eigenvalue weighted by molar-refractivity contribution is 5.70. The molecule has 0 heterocycles. The second-order valence-corrected chi connectivity index (χ2v) is 5.20. The molecule has 0 aliphatic heterocycles. The van der Waals surface area contributed by atoms with Crippen LogP contribution in [-0.2, 0) is 16.0 Å². The zero-order chi connectivity index (χ0) is 15.1. The first-order valence-corrected chi connectivity index (χ1v) is 6.92. The van der Waals surface area contributed by atoms with Crippen LogP contribution in [0.3, 0.4) is 0 Å². The van der Waals surface area contributed by atoms with Gasteiger partial charge in [0.1, 0.15) is 5.75 Å². The Hall–Kier alpha value is -1.55. The Morgan fingerprint density at radius 2 is 2.00 bits per heavy atom. The maximum Gasteiger partial charge on any atom is 0.307 e. The minimum atomic E-state index is -0.205. The molecule has 0 aliphatic carbocycles.